The summed E-state index contributed by atoms with van der Waals surface area (Å²) in [6, 6.07) is 13.4. The molecule has 33 heavy (non-hydrogen) atoms. The lowest BCUT2D eigenvalue weighted by Crippen LogP contribution is -2.31. The van der Waals surface area contributed by atoms with Gasteiger partial charge in [0, 0.05) is 29.4 Å². The van der Waals surface area contributed by atoms with Crippen molar-refractivity contribution in [3.05, 3.63) is 81.8 Å². The Kier molecular flexibility index (Phi) is 8.28. The highest BCUT2D eigenvalue weighted by Crippen LogP contribution is 2.40. The molecule has 0 saturated carbocycles. The van der Waals surface area contributed by atoms with Crippen LogP contribution in [-0.2, 0) is 14.3 Å². The van der Waals surface area contributed by atoms with Gasteiger partial charge in [-0.1, -0.05) is 43.0 Å². The molecule has 2 heterocycles. The summed E-state index contributed by atoms with van der Waals surface area (Å²) in [4.78, 5) is 29.6. The molecule has 1 aromatic carbocycles. The van der Waals surface area contributed by atoms with Crippen molar-refractivity contribution < 1.29 is 14.3 Å². The molecule has 2 aromatic rings. The Morgan fingerprint density at radius 1 is 1.24 bits per heavy atom. The topological polar surface area (TPSA) is 104 Å². The number of amides is 1. The van der Waals surface area contributed by atoms with E-state index >= 15 is 0 Å². The first-order valence-corrected chi connectivity index (χ1v) is 11.6. The fraction of sp³-hybridized carbons (Fsp3) is 0.280. The number of dihydropyridines is 1. The minimum absolute atomic E-state index is 0.0608. The van der Waals surface area contributed by atoms with Crippen molar-refractivity contribution >= 4 is 29.3 Å². The van der Waals surface area contributed by atoms with Crippen molar-refractivity contribution in [3.8, 4) is 6.07 Å². The van der Waals surface area contributed by atoms with Crippen molar-refractivity contribution in [2.24, 2.45) is 0 Å². The molecule has 7 nitrogen and oxygen atoms in total. The number of nitriles is 1. The Balaban J connectivity index is 1.96. The number of aromatic nitrogens is 1. The van der Waals surface area contributed by atoms with Crippen LogP contribution < -0.4 is 10.6 Å². The molecular formula is C25H26N4O3S. The number of para-hydroxylation sites is 1. The van der Waals surface area contributed by atoms with Gasteiger partial charge >= 0.3 is 5.97 Å². The van der Waals surface area contributed by atoms with Crippen LogP contribution in [0.2, 0.25) is 0 Å². The molecule has 0 radical (unpaired) electrons. The molecule has 0 bridgehead atoms. The summed E-state index contributed by atoms with van der Waals surface area (Å²) in [5.74, 6) is -1.22. The second-order valence-electron chi connectivity index (χ2n) is 7.52. The number of nitrogens with zero attached hydrogens (tertiary/aromatic N) is 2. The standard InChI is InChI=1S/C25H26N4O3S/c1-4-12-32-21(30)15-33-25-19(13-26)23(18-9-7-11-27-14-18)22(17(3)28-25)24(31)29-20-10-6-5-8-16(20)2/h5-11,14,23,28H,4,12,15H2,1-3H3,(H,29,31). The number of hydrogen-bond donors (Lipinski definition) is 2. The first-order chi connectivity index (χ1) is 16.0. The normalized spacial score (nSPS) is 15.5. The SMILES string of the molecule is CCCOC(=O)CSC1=C(C#N)C(c2cccnc2)C(C(=O)Nc2ccccc2C)=C(C)N1. The van der Waals surface area contributed by atoms with Crippen LogP contribution in [0.5, 0.6) is 0 Å². The minimum atomic E-state index is -0.622. The van der Waals surface area contributed by atoms with E-state index in [4.69, 9.17) is 4.74 Å². The van der Waals surface area contributed by atoms with Gasteiger partial charge in [-0.05, 0) is 43.5 Å². The summed E-state index contributed by atoms with van der Waals surface area (Å²) in [6.07, 6.45) is 4.04. The Hall–Kier alpha value is -3.57. The molecule has 0 saturated heterocycles. The Morgan fingerprint density at radius 2 is 2.03 bits per heavy atom. The van der Waals surface area contributed by atoms with Gasteiger partial charge in [-0.15, -0.1) is 0 Å². The van der Waals surface area contributed by atoms with E-state index in [2.05, 4.69) is 21.7 Å². The van der Waals surface area contributed by atoms with Gasteiger partial charge in [-0.2, -0.15) is 5.26 Å². The number of carbonyl (C=O) groups is 2. The first-order valence-electron chi connectivity index (χ1n) is 10.6. The van der Waals surface area contributed by atoms with E-state index in [1.54, 1.807) is 25.4 Å². The third-order valence-corrected chi connectivity index (χ3v) is 6.10. The molecule has 0 spiro atoms. The maximum absolute atomic E-state index is 13.4. The van der Waals surface area contributed by atoms with E-state index in [9.17, 15) is 14.9 Å². The number of allylic oxidation sites excluding steroid dienone is 2. The van der Waals surface area contributed by atoms with Gasteiger partial charge in [0.05, 0.1) is 34.9 Å². The van der Waals surface area contributed by atoms with Crippen LogP contribution in [0.1, 0.15) is 37.3 Å². The summed E-state index contributed by atoms with van der Waals surface area (Å²) in [5.41, 5.74) is 3.75. The number of pyridine rings is 1. The summed E-state index contributed by atoms with van der Waals surface area (Å²) in [6.45, 7) is 5.99. The highest BCUT2D eigenvalue weighted by atomic mass is 32.2. The molecule has 0 aliphatic carbocycles. The molecule has 1 aromatic heterocycles. The van der Waals surface area contributed by atoms with Gasteiger partial charge in [-0.25, -0.2) is 0 Å². The van der Waals surface area contributed by atoms with Crippen molar-refractivity contribution in [1.29, 1.82) is 5.26 Å². The van der Waals surface area contributed by atoms with E-state index in [0.29, 0.717) is 34.2 Å². The molecule has 1 aliphatic heterocycles. The number of anilines is 1. The second-order valence-corrected chi connectivity index (χ2v) is 8.50. The summed E-state index contributed by atoms with van der Waals surface area (Å²) < 4.78 is 5.15. The molecule has 2 N–H and O–H groups in total. The Morgan fingerprint density at radius 3 is 2.70 bits per heavy atom. The lowest BCUT2D eigenvalue weighted by molar-refractivity contribution is -0.140. The van der Waals surface area contributed by atoms with E-state index in [-0.39, 0.29) is 17.6 Å². The van der Waals surface area contributed by atoms with E-state index in [0.717, 1.165) is 17.5 Å². The molecule has 1 atom stereocenters. The maximum atomic E-state index is 13.4. The van der Waals surface area contributed by atoms with Gasteiger partial charge in [0.15, 0.2) is 0 Å². The van der Waals surface area contributed by atoms with Crippen molar-refractivity contribution in [3.63, 3.8) is 0 Å². The van der Waals surface area contributed by atoms with E-state index < -0.39 is 5.92 Å². The van der Waals surface area contributed by atoms with Crippen molar-refractivity contribution in [2.45, 2.75) is 33.1 Å². The number of esters is 1. The highest BCUT2D eigenvalue weighted by molar-refractivity contribution is 8.03. The molecular weight excluding hydrogens is 436 g/mol. The maximum Gasteiger partial charge on any atom is 0.316 e. The van der Waals surface area contributed by atoms with Crippen molar-refractivity contribution in [2.75, 3.05) is 17.7 Å². The fourth-order valence-corrected chi connectivity index (χ4v) is 4.39. The number of aryl methyl sites for hydroxylation is 1. The summed E-state index contributed by atoms with van der Waals surface area (Å²) in [5, 5.41) is 16.7. The largest absolute Gasteiger partial charge is 0.465 e. The molecule has 1 unspecified atom stereocenters. The number of rotatable bonds is 8. The van der Waals surface area contributed by atoms with Crippen LogP contribution in [0, 0.1) is 18.3 Å². The quantitative estimate of drug-likeness (QED) is 0.560. The number of thioether (sulfide) groups is 1. The minimum Gasteiger partial charge on any atom is -0.465 e. The van der Waals surface area contributed by atoms with E-state index in [1.807, 2.05) is 44.2 Å². The molecule has 170 valence electrons. The summed E-state index contributed by atoms with van der Waals surface area (Å²) >= 11 is 1.20. The molecule has 1 aliphatic rings. The zero-order valence-electron chi connectivity index (χ0n) is 18.8. The van der Waals surface area contributed by atoms with E-state index in [1.165, 1.54) is 11.8 Å². The summed E-state index contributed by atoms with van der Waals surface area (Å²) in [7, 11) is 0. The van der Waals surface area contributed by atoms with Gasteiger partial charge < -0.3 is 15.4 Å². The van der Waals surface area contributed by atoms with Gasteiger partial charge in [0.25, 0.3) is 5.91 Å². The lowest BCUT2D eigenvalue weighted by Gasteiger charge is -2.29. The lowest BCUT2D eigenvalue weighted by atomic mass is 9.82. The Bertz CT molecular complexity index is 1140. The zero-order valence-corrected chi connectivity index (χ0v) is 19.7. The first kappa shape index (κ1) is 24.1. The van der Waals surface area contributed by atoms with Crippen molar-refractivity contribution in [1.82, 2.24) is 10.3 Å². The van der Waals surface area contributed by atoms with Gasteiger partial charge in [-0.3, -0.25) is 14.6 Å². The monoisotopic (exact) mass is 462 g/mol. The van der Waals surface area contributed by atoms with Crippen LogP contribution in [0.25, 0.3) is 0 Å². The Labute approximate surface area is 197 Å². The van der Waals surface area contributed by atoms with Crippen LogP contribution >= 0.6 is 11.8 Å². The molecule has 0 fully saturated rings. The van der Waals surface area contributed by atoms with Crippen LogP contribution in [-0.4, -0.2) is 29.2 Å². The third kappa shape index (κ3) is 5.82. The predicted molar refractivity (Wildman–Crippen MR) is 129 cm³/mol. The molecule has 3 rings (SSSR count). The average Bonchev–Trinajstić information content (AvgIpc) is 2.82. The number of hydrogen-bond acceptors (Lipinski definition) is 7. The van der Waals surface area contributed by atoms with Crippen LogP contribution in [0.15, 0.2) is 70.7 Å². The van der Waals surface area contributed by atoms with Crippen LogP contribution in [0.3, 0.4) is 0 Å². The molecule has 1 amide bonds. The number of nitrogens with one attached hydrogen (secondary N) is 2. The molecule has 8 heteroatoms. The fourth-order valence-electron chi connectivity index (χ4n) is 3.50. The smallest absolute Gasteiger partial charge is 0.316 e. The predicted octanol–water partition coefficient (Wildman–Crippen LogP) is 4.41. The zero-order chi connectivity index (χ0) is 23.8. The second kappa shape index (κ2) is 11.3. The number of carbonyl (C=O) groups excluding carboxylic acids is 2. The van der Waals surface area contributed by atoms with Gasteiger partial charge in [0.1, 0.15) is 0 Å². The average molecular weight is 463 g/mol. The highest BCUT2D eigenvalue weighted by Gasteiger charge is 2.35. The van der Waals surface area contributed by atoms with Crippen LogP contribution in [0.4, 0.5) is 5.69 Å². The number of benzene rings is 1. The third-order valence-electron chi connectivity index (χ3n) is 5.10. The van der Waals surface area contributed by atoms with Gasteiger partial charge in [0.2, 0.25) is 0 Å². The number of ether oxygens (including phenoxy) is 1.